The number of rotatable bonds is 2. The van der Waals surface area contributed by atoms with Crippen molar-refractivity contribution >= 4 is 34.6 Å². The van der Waals surface area contributed by atoms with Crippen LogP contribution in [0.1, 0.15) is 17.5 Å². The Morgan fingerprint density at radius 2 is 1.75 bits per heavy atom. The Kier molecular flexibility index (Phi) is 3.77. The first kappa shape index (κ1) is 13.6. The molecule has 104 valence electrons. The molecule has 0 amide bonds. The van der Waals surface area contributed by atoms with Crippen molar-refractivity contribution in [3.05, 3.63) is 57.6 Å². The van der Waals surface area contributed by atoms with E-state index < -0.39 is 0 Å². The number of anilines is 2. The van der Waals surface area contributed by atoms with E-state index in [4.69, 9.17) is 28.9 Å². The Bertz CT molecular complexity index is 640. The zero-order valence-corrected chi connectivity index (χ0v) is 12.5. The standard InChI is InChI=1S/C16H16Cl2N2/c17-13-8-15(19)16(9-14(13)18)20-12-6-5-10-3-1-2-4-11(10)7-12/h1-4,8-9,12,20H,5-7,19H2. The van der Waals surface area contributed by atoms with Gasteiger partial charge in [0.05, 0.1) is 21.4 Å². The molecule has 1 aliphatic rings. The number of hydrogen-bond acceptors (Lipinski definition) is 2. The average molecular weight is 307 g/mol. The van der Waals surface area contributed by atoms with Crippen LogP contribution in [0.25, 0.3) is 0 Å². The van der Waals surface area contributed by atoms with Gasteiger partial charge in [-0.05, 0) is 42.5 Å². The van der Waals surface area contributed by atoms with Crippen LogP contribution >= 0.6 is 23.2 Å². The maximum absolute atomic E-state index is 6.06. The van der Waals surface area contributed by atoms with Gasteiger partial charge in [0.1, 0.15) is 0 Å². The molecule has 0 fully saturated rings. The van der Waals surface area contributed by atoms with E-state index in [2.05, 4.69) is 29.6 Å². The summed E-state index contributed by atoms with van der Waals surface area (Å²) in [7, 11) is 0. The highest BCUT2D eigenvalue weighted by Crippen LogP contribution is 2.32. The molecule has 1 aliphatic carbocycles. The Morgan fingerprint density at radius 3 is 2.55 bits per heavy atom. The number of nitrogens with two attached hydrogens (primary N) is 1. The molecule has 4 heteroatoms. The molecule has 3 rings (SSSR count). The SMILES string of the molecule is Nc1cc(Cl)c(Cl)cc1NC1CCc2ccccc2C1. The number of aryl methyl sites for hydroxylation is 1. The molecule has 2 nitrogen and oxygen atoms in total. The van der Waals surface area contributed by atoms with Crippen LogP contribution in [0.2, 0.25) is 10.0 Å². The smallest absolute Gasteiger partial charge is 0.0614 e. The van der Waals surface area contributed by atoms with Crippen molar-refractivity contribution in [1.29, 1.82) is 0 Å². The van der Waals surface area contributed by atoms with Crippen molar-refractivity contribution in [3.8, 4) is 0 Å². The summed E-state index contributed by atoms with van der Waals surface area (Å²) in [6.07, 6.45) is 3.20. The van der Waals surface area contributed by atoms with Gasteiger partial charge in [-0.1, -0.05) is 47.5 Å². The normalized spacial score (nSPS) is 17.6. The Labute approximate surface area is 128 Å². The minimum absolute atomic E-state index is 0.379. The summed E-state index contributed by atoms with van der Waals surface area (Å²) >= 11 is 12.0. The largest absolute Gasteiger partial charge is 0.397 e. The number of benzene rings is 2. The number of nitrogens with one attached hydrogen (secondary N) is 1. The lowest BCUT2D eigenvalue weighted by molar-refractivity contribution is 0.611. The molecule has 2 aromatic rings. The number of halogens is 2. The van der Waals surface area contributed by atoms with E-state index >= 15 is 0 Å². The highest BCUT2D eigenvalue weighted by atomic mass is 35.5. The van der Waals surface area contributed by atoms with E-state index in [-0.39, 0.29) is 0 Å². The quantitative estimate of drug-likeness (QED) is 0.799. The van der Waals surface area contributed by atoms with Gasteiger partial charge in [0.25, 0.3) is 0 Å². The second kappa shape index (κ2) is 5.55. The van der Waals surface area contributed by atoms with Gasteiger partial charge >= 0.3 is 0 Å². The van der Waals surface area contributed by atoms with Crippen LogP contribution in [0.5, 0.6) is 0 Å². The van der Waals surface area contributed by atoms with Crippen molar-refractivity contribution < 1.29 is 0 Å². The van der Waals surface area contributed by atoms with Gasteiger partial charge in [0.2, 0.25) is 0 Å². The maximum Gasteiger partial charge on any atom is 0.0614 e. The summed E-state index contributed by atoms with van der Waals surface area (Å²) in [6.45, 7) is 0. The third-order valence-corrected chi connectivity index (χ3v) is 4.52. The predicted molar refractivity (Wildman–Crippen MR) is 86.8 cm³/mol. The first-order chi connectivity index (χ1) is 9.63. The molecule has 0 radical (unpaired) electrons. The molecular formula is C16H16Cl2N2. The molecule has 2 aromatic carbocycles. The first-order valence-electron chi connectivity index (χ1n) is 6.71. The predicted octanol–water partition coefficient (Wildman–Crippen LogP) is 4.55. The number of hydrogen-bond donors (Lipinski definition) is 2. The monoisotopic (exact) mass is 306 g/mol. The summed E-state index contributed by atoms with van der Waals surface area (Å²) in [6, 6.07) is 12.5. The van der Waals surface area contributed by atoms with E-state index in [0.29, 0.717) is 21.8 Å². The summed E-state index contributed by atoms with van der Waals surface area (Å²) < 4.78 is 0. The second-order valence-electron chi connectivity index (χ2n) is 5.21. The lowest BCUT2D eigenvalue weighted by Gasteiger charge is -2.27. The van der Waals surface area contributed by atoms with Crippen LogP contribution in [0, 0.1) is 0 Å². The molecule has 0 saturated heterocycles. The minimum Gasteiger partial charge on any atom is -0.397 e. The van der Waals surface area contributed by atoms with E-state index in [0.717, 1.165) is 24.9 Å². The highest BCUT2D eigenvalue weighted by molar-refractivity contribution is 6.42. The van der Waals surface area contributed by atoms with Gasteiger partial charge in [-0.3, -0.25) is 0 Å². The van der Waals surface area contributed by atoms with Crippen molar-refractivity contribution in [2.75, 3.05) is 11.1 Å². The van der Waals surface area contributed by atoms with Gasteiger partial charge in [-0.2, -0.15) is 0 Å². The summed E-state index contributed by atoms with van der Waals surface area (Å²) in [5, 5.41) is 4.51. The highest BCUT2D eigenvalue weighted by Gasteiger charge is 2.19. The Hall–Kier alpha value is -1.38. The molecule has 0 spiro atoms. The topological polar surface area (TPSA) is 38.0 Å². The molecule has 0 aromatic heterocycles. The lowest BCUT2D eigenvalue weighted by atomic mass is 9.88. The van der Waals surface area contributed by atoms with Crippen molar-refractivity contribution in [2.45, 2.75) is 25.3 Å². The maximum atomic E-state index is 6.06. The number of fused-ring (bicyclic) bond motifs is 1. The van der Waals surface area contributed by atoms with Crippen molar-refractivity contribution in [3.63, 3.8) is 0 Å². The molecule has 0 saturated carbocycles. The van der Waals surface area contributed by atoms with Gasteiger partial charge in [0.15, 0.2) is 0 Å². The first-order valence-corrected chi connectivity index (χ1v) is 7.47. The summed E-state index contributed by atoms with van der Waals surface area (Å²) in [5.41, 5.74) is 10.4. The Morgan fingerprint density at radius 1 is 1.05 bits per heavy atom. The van der Waals surface area contributed by atoms with Gasteiger partial charge in [-0.25, -0.2) is 0 Å². The lowest BCUT2D eigenvalue weighted by Crippen LogP contribution is -2.27. The fourth-order valence-corrected chi connectivity index (χ4v) is 3.06. The van der Waals surface area contributed by atoms with Crippen LogP contribution in [0.4, 0.5) is 11.4 Å². The summed E-state index contributed by atoms with van der Waals surface area (Å²) in [5.74, 6) is 0. The van der Waals surface area contributed by atoms with Crippen LogP contribution in [0.3, 0.4) is 0 Å². The van der Waals surface area contributed by atoms with Crippen LogP contribution in [0.15, 0.2) is 36.4 Å². The minimum atomic E-state index is 0.379. The van der Waals surface area contributed by atoms with E-state index in [1.807, 2.05) is 0 Å². The zero-order chi connectivity index (χ0) is 14.1. The molecule has 0 heterocycles. The van der Waals surface area contributed by atoms with E-state index in [1.165, 1.54) is 11.1 Å². The van der Waals surface area contributed by atoms with Crippen LogP contribution in [-0.4, -0.2) is 6.04 Å². The second-order valence-corrected chi connectivity index (χ2v) is 6.02. The third-order valence-electron chi connectivity index (χ3n) is 3.80. The van der Waals surface area contributed by atoms with Crippen molar-refractivity contribution in [2.24, 2.45) is 0 Å². The van der Waals surface area contributed by atoms with E-state index in [9.17, 15) is 0 Å². The average Bonchev–Trinajstić information content (AvgIpc) is 2.44. The van der Waals surface area contributed by atoms with Crippen LogP contribution in [-0.2, 0) is 12.8 Å². The zero-order valence-electron chi connectivity index (χ0n) is 11.0. The van der Waals surface area contributed by atoms with Gasteiger partial charge in [0, 0.05) is 6.04 Å². The molecule has 0 aliphatic heterocycles. The molecular weight excluding hydrogens is 291 g/mol. The van der Waals surface area contributed by atoms with Gasteiger partial charge in [-0.15, -0.1) is 0 Å². The van der Waals surface area contributed by atoms with E-state index in [1.54, 1.807) is 12.1 Å². The fourth-order valence-electron chi connectivity index (χ4n) is 2.73. The molecule has 3 N–H and O–H groups in total. The number of nitrogen functional groups attached to an aromatic ring is 1. The van der Waals surface area contributed by atoms with Crippen molar-refractivity contribution in [1.82, 2.24) is 0 Å². The fraction of sp³-hybridized carbons (Fsp3) is 0.250. The van der Waals surface area contributed by atoms with Gasteiger partial charge < -0.3 is 11.1 Å². The summed E-state index contributed by atoms with van der Waals surface area (Å²) in [4.78, 5) is 0. The molecule has 0 bridgehead atoms. The molecule has 1 unspecified atom stereocenters. The molecule has 1 atom stereocenters. The molecule has 20 heavy (non-hydrogen) atoms. The Balaban J connectivity index is 1.78. The van der Waals surface area contributed by atoms with Crippen LogP contribution < -0.4 is 11.1 Å². The third kappa shape index (κ3) is 2.72.